The van der Waals surface area contributed by atoms with Crippen molar-refractivity contribution < 1.29 is 5.11 Å². The van der Waals surface area contributed by atoms with Crippen LogP contribution in [0, 0.1) is 11.8 Å². The molecule has 3 fully saturated rings. The highest BCUT2D eigenvalue weighted by atomic mass is 16.3. The number of hydrogen-bond donors (Lipinski definition) is 2. The van der Waals surface area contributed by atoms with Crippen molar-refractivity contribution in [1.29, 1.82) is 0 Å². The fraction of sp³-hybridized carbons (Fsp3) is 0.500. The van der Waals surface area contributed by atoms with Crippen LogP contribution in [0.25, 0.3) is 16.7 Å². The van der Waals surface area contributed by atoms with Crippen molar-refractivity contribution in [2.45, 2.75) is 31.4 Å². The summed E-state index contributed by atoms with van der Waals surface area (Å²) in [5.41, 5.74) is 1.65. The van der Waals surface area contributed by atoms with Crippen LogP contribution in [0.3, 0.4) is 0 Å². The maximum absolute atomic E-state index is 13.0. The van der Waals surface area contributed by atoms with Crippen molar-refractivity contribution in [1.82, 2.24) is 24.6 Å². The molecule has 4 heterocycles. The Morgan fingerprint density at radius 2 is 1.80 bits per heavy atom. The van der Waals surface area contributed by atoms with Crippen LogP contribution in [0.1, 0.15) is 19.3 Å². The van der Waals surface area contributed by atoms with Gasteiger partial charge in [-0.2, -0.15) is 5.10 Å². The zero-order chi connectivity index (χ0) is 20.3. The molecule has 0 amide bonds. The van der Waals surface area contributed by atoms with Crippen LogP contribution in [0.4, 0.5) is 5.69 Å². The van der Waals surface area contributed by atoms with Gasteiger partial charge in [0.15, 0.2) is 5.65 Å². The Bertz CT molecular complexity index is 1130. The van der Waals surface area contributed by atoms with E-state index in [1.54, 1.807) is 10.9 Å². The van der Waals surface area contributed by atoms with Crippen LogP contribution in [-0.4, -0.2) is 56.2 Å². The Morgan fingerprint density at radius 3 is 2.53 bits per heavy atom. The molecule has 30 heavy (non-hydrogen) atoms. The molecule has 1 aromatic carbocycles. The van der Waals surface area contributed by atoms with Crippen LogP contribution < -0.4 is 15.8 Å². The first-order valence-electron chi connectivity index (χ1n) is 10.8. The number of rotatable bonds is 4. The zero-order valence-electron chi connectivity index (χ0n) is 16.9. The minimum atomic E-state index is -0.869. The maximum Gasteiger partial charge on any atom is 0.264 e. The molecule has 2 unspecified atom stereocenters. The summed E-state index contributed by atoms with van der Waals surface area (Å²) in [6.45, 7) is 4.10. The van der Waals surface area contributed by atoms with Gasteiger partial charge in [-0.15, -0.1) is 0 Å². The van der Waals surface area contributed by atoms with Gasteiger partial charge < -0.3 is 15.3 Å². The Kier molecular flexibility index (Phi) is 4.01. The Labute approximate surface area is 174 Å². The molecule has 2 N–H and O–H groups in total. The number of anilines is 1. The molecule has 3 aromatic rings. The van der Waals surface area contributed by atoms with Gasteiger partial charge >= 0.3 is 0 Å². The summed E-state index contributed by atoms with van der Waals surface area (Å²) in [4.78, 5) is 20.0. The first-order valence-corrected chi connectivity index (χ1v) is 10.8. The van der Waals surface area contributed by atoms with Gasteiger partial charge in [-0.25, -0.2) is 9.67 Å². The average Bonchev–Trinajstić information content (AvgIpc) is 3.16. The molecule has 156 valence electrons. The van der Waals surface area contributed by atoms with E-state index in [0.29, 0.717) is 23.9 Å². The minimum Gasteiger partial charge on any atom is -0.388 e. The highest BCUT2D eigenvalue weighted by Crippen LogP contribution is 2.46. The molecule has 3 aliphatic rings. The monoisotopic (exact) mass is 406 g/mol. The topological polar surface area (TPSA) is 88.2 Å². The van der Waals surface area contributed by atoms with Crippen molar-refractivity contribution in [2.24, 2.45) is 11.8 Å². The van der Waals surface area contributed by atoms with E-state index in [2.05, 4.69) is 32.4 Å². The molecular weight excluding hydrogens is 380 g/mol. The van der Waals surface area contributed by atoms with Gasteiger partial charge in [-0.3, -0.25) is 9.36 Å². The van der Waals surface area contributed by atoms with E-state index >= 15 is 0 Å². The van der Waals surface area contributed by atoms with Crippen LogP contribution >= 0.6 is 0 Å². The van der Waals surface area contributed by atoms with E-state index in [1.807, 2.05) is 12.1 Å². The normalized spacial score (nSPS) is 24.9. The number of nitrogens with one attached hydrogen (secondary N) is 1. The zero-order valence-corrected chi connectivity index (χ0v) is 16.9. The largest absolute Gasteiger partial charge is 0.388 e. The fourth-order valence-electron chi connectivity index (χ4n) is 5.03. The summed E-state index contributed by atoms with van der Waals surface area (Å²) in [6.07, 6.45) is 5.76. The highest BCUT2D eigenvalue weighted by Gasteiger charge is 2.45. The molecule has 1 saturated carbocycles. The first kappa shape index (κ1) is 18.1. The van der Waals surface area contributed by atoms with Crippen LogP contribution in [-0.2, 0) is 6.54 Å². The molecule has 8 nitrogen and oxygen atoms in total. The summed E-state index contributed by atoms with van der Waals surface area (Å²) in [6, 6.07) is 8.33. The molecule has 1 aliphatic carbocycles. The van der Waals surface area contributed by atoms with Crippen LogP contribution in [0.5, 0.6) is 0 Å². The number of piperidine rings is 2. The maximum atomic E-state index is 13.0. The lowest BCUT2D eigenvalue weighted by molar-refractivity contribution is -0.00627. The lowest BCUT2D eigenvalue weighted by Crippen LogP contribution is -2.46. The van der Waals surface area contributed by atoms with Crippen LogP contribution in [0.15, 0.2) is 41.6 Å². The number of fused-ring (bicyclic) bond motifs is 2. The molecule has 6 rings (SSSR count). The summed E-state index contributed by atoms with van der Waals surface area (Å²) >= 11 is 0. The fourth-order valence-corrected chi connectivity index (χ4v) is 5.03. The quantitative estimate of drug-likeness (QED) is 0.676. The second kappa shape index (κ2) is 6.65. The predicted molar refractivity (Wildman–Crippen MR) is 114 cm³/mol. The third-order valence-corrected chi connectivity index (χ3v) is 6.99. The number of nitrogens with zero attached hydrogens (tertiary/aromatic N) is 5. The molecule has 0 radical (unpaired) electrons. The summed E-state index contributed by atoms with van der Waals surface area (Å²) in [5.74, 6) is 1.79. The van der Waals surface area contributed by atoms with Crippen molar-refractivity contribution in [3.63, 3.8) is 0 Å². The smallest absolute Gasteiger partial charge is 0.264 e. The second-order valence-electron chi connectivity index (χ2n) is 9.12. The average molecular weight is 406 g/mol. The Morgan fingerprint density at radius 1 is 1.10 bits per heavy atom. The lowest BCUT2D eigenvalue weighted by Gasteiger charge is -2.32. The van der Waals surface area contributed by atoms with Crippen molar-refractivity contribution in [3.05, 3.63) is 47.1 Å². The number of hydrogen-bond acceptors (Lipinski definition) is 6. The molecule has 2 aromatic heterocycles. The molecule has 2 saturated heterocycles. The van der Waals surface area contributed by atoms with Gasteiger partial charge in [-0.1, -0.05) is 0 Å². The van der Waals surface area contributed by atoms with E-state index < -0.39 is 5.60 Å². The van der Waals surface area contributed by atoms with E-state index in [4.69, 9.17) is 0 Å². The summed E-state index contributed by atoms with van der Waals surface area (Å²) < 4.78 is 3.23. The van der Waals surface area contributed by atoms with Gasteiger partial charge in [0.1, 0.15) is 11.7 Å². The highest BCUT2D eigenvalue weighted by molar-refractivity contribution is 5.75. The number of benzene rings is 1. The number of aliphatic hydroxyl groups is 1. The van der Waals surface area contributed by atoms with E-state index in [9.17, 15) is 9.90 Å². The van der Waals surface area contributed by atoms with Crippen molar-refractivity contribution >= 4 is 16.7 Å². The molecule has 2 atom stereocenters. The third kappa shape index (κ3) is 3.02. The molecular formula is C22H26N6O2. The Hall–Kier alpha value is -2.71. The molecule has 0 spiro atoms. The van der Waals surface area contributed by atoms with E-state index in [1.165, 1.54) is 23.0 Å². The predicted octanol–water partition coefficient (Wildman–Crippen LogP) is 1.15. The van der Waals surface area contributed by atoms with Gasteiger partial charge in [0.05, 0.1) is 24.0 Å². The SMILES string of the molecule is O=c1c2cnn(-c3ccc(N4CC5CC5C4)cc3)c2ncn1CC1(O)CCNCC1. The standard InChI is InChI=1S/C22H26N6O2/c29-21-19-10-25-28(18-3-1-17(2-4-18)26-11-15-9-16(15)12-26)20(19)24-14-27(21)13-22(30)5-7-23-8-6-22/h1-4,10,14-16,23,30H,5-9,11-13H2. The van der Waals surface area contributed by atoms with Gasteiger partial charge in [-0.05, 0) is 68.5 Å². The second-order valence-corrected chi connectivity index (χ2v) is 9.12. The first-order chi connectivity index (χ1) is 14.6. The number of aromatic nitrogens is 4. The van der Waals surface area contributed by atoms with Gasteiger partial charge in [0.25, 0.3) is 5.56 Å². The molecule has 8 heteroatoms. The Balaban J connectivity index is 1.28. The third-order valence-electron chi connectivity index (χ3n) is 6.99. The van der Waals surface area contributed by atoms with E-state index in [0.717, 1.165) is 43.7 Å². The van der Waals surface area contributed by atoms with Crippen molar-refractivity contribution in [3.8, 4) is 5.69 Å². The molecule has 2 aliphatic heterocycles. The lowest BCUT2D eigenvalue weighted by atomic mass is 9.92. The van der Waals surface area contributed by atoms with Gasteiger partial charge in [0, 0.05) is 18.8 Å². The van der Waals surface area contributed by atoms with Crippen LogP contribution in [0.2, 0.25) is 0 Å². The van der Waals surface area contributed by atoms with E-state index in [-0.39, 0.29) is 12.1 Å². The molecule has 0 bridgehead atoms. The summed E-state index contributed by atoms with van der Waals surface area (Å²) in [7, 11) is 0. The van der Waals surface area contributed by atoms with Gasteiger partial charge in [0.2, 0.25) is 0 Å². The minimum absolute atomic E-state index is 0.161. The summed E-state index contributed by atoms with van der Waals surface area (Å²) in [5, 5.41) is 18.9. The van der Waals surface area contributed by atoms with Crippen molar-refractivity contribution in [2.75, 3.05) is 31.1 Å².